The molecule has 0 heterocycles. The number of carbonyl (C=O) groups excluding carboxylic acids is 1. The van der Waals surface area contributed by atoms with Crippen LogP contribution in [0, 0.1) is 0 Å². The molecule has 3 nitrogen and oxygen atoms in total. The second-order valence-corrected chi connectivity index (χ2v) is 2.35. The quantitative estimate of drug-likeness (QED) is 0.531. The van der Waals surface area contributed by atoms with E-state index in [1.165, 1.54) is 0 Å². The summed E-state index contributed by atoms with van der Waals surface area (Å²) in [6.07, 6.45) is 0. The van der Waals surface area contributed by atoms with Crippen LogP contribution in [0.1, 0.15) is 5.56 Å². The summed E-state index contributed by atoms with van der Waals surface area (Å²) in [7, 11) is 0. The van der Waals surface area contributed by atoms with Crippen LogP contribution in [0.15, 0.2) is 30.3 Å². The van der Waals surface area contributed by atoms with Crippen LogP contribution in [0.5, 0.6) is 0 Å². The molecule has 0 aliphatic rings. The summed E-state index contributed by atoms with van der Waals surface area (Å²) < 4.78 is 4.81. The second-order valence-electron chi connectivity index (χ2n) is 2.35. The molecule has 0 amide bonds. The molecule has 0 bridgehead atoms. The van der Waals surface area contributed by atoms with Gasteiger partial charge in [-0.3, -0.25) is 4.79 Å². The maximum absolute atomic E-state index is 10.6. The maximum atomic E-state index is 10.6. The molecule has 0 saturated carbocycles. The summed E-state index contributed by atoms with van der Waals surface area (Å²) in [5.74, 6) is -0.376. The first-order chi connectivity index (χ1) is 5.83. The molecule has 0 aliphatic carbocycles. The Bertz CT molecular complexity index is 246. The minimum Gasteiger partial charge on any atom is -0.460 e. The second kappa shape index (κ2) is 4.51. The zero-order valence-corrected chi connectivity index (χ0v) is 6.69. The molecule has 0 unspecified atom stereocenters. The van der Waals surface area contributed by atoms with Crippen LogP contribution >= 0.6 is 0 Å². The molecule has 0 radical (unpaired) electrons. The van der Waals surface area contributed by atoms with Crippen LogP contribution < -0.4 is 5.73 Å². The van der Waals surface area contributed by atoms with Crippen LogP contribution in [-0.2, 0) is 16.1 Å². The predicted molar refractivity (Wildman–Crippen MR) is 45.3 cm³/mol. The van der Waals surface area contributed by atoms with E-state index >= 15 is 0 Å². The molecule has 1 rings (SSSR count). The Morgan fingerprint density at radius 1 is 1.33 bits per heavy atom. The van der Waals surface area contributed by atoms with Crippen molar-refractivity contribution in [3.63, 3.8) is 0 Å². The highest BCUT2D eigenvalue weighted by molar-refractivity contribution is 5.71. The zero-order valence-electron chi connectivity index (χ0n) is 6.69. The molecule has 0 aliphatic heterocycles. The van der Waals surface area contributed by atoms with E-state index in [-0.39, 0.29) is 12.5 Å². The predicted octanol–water partition coefficient (Wildman–Crippen LogP) is 0.688. The van der Waals surface area contributed by atoms with Gasteiger partial charge in [-0.1, -0.05) is 30.3 Å². The Morgan fingerprint density at radius 2 is 2.00 bits per heavy atom. The topological polar surface area (TPSA) is 52.3 Å². The van der Waals surface area contributed by atoms with Gasteiger partial charge in [-0.25, -0.2) is 0 Å². The van der Waals surface area contributed by atoms with E-state index in [4.69, 9.17) is 10.5 Å². The molecule has 0 atom stereocenters. The summed E-state index contributed by atoms with van der Waals surface area (Å²) in [5, 5.41) is 0. The highest BCUT2D eigenvalue weighted by Gasteiger charge is 1.97. The first-order valence-corrected chi connectivity index (χ1v) is 3.72. The van der Waals surface area contributed by atoms with Gasteiger partial charge in [-0.2, -0.15) is 0 Å². The molecule has 1 aromatic rings. The van der Waals surface area contributed by atoms with Gasteiger partial charge in [0.1, 0.15) is 6.61 Å². The summed E-state index contributed by atoms with van der Waals surface area (Å²) in [5.41, 5.74) is 6.03. The third kappa shape index (κ3) is 2.72. The van der Waals surface area contributed by atoms with Crippen LogP contribution in [0.2, 0.25) is 0 Å². The molecule has 64 valence electrons. The number of ether oxygens (including phenoxy) is 1. The van der Waals surface area contributed by atoms with Crippen molar-refractivity contribution in [2.45, 2.75) is 6.61 Å². The maximum Gasteiger partial charge on any atom is 0.320 e. The molecule has 3 heteroatoms. The van der Waals surface area contributed by atoms with Gasteiger partial charge in [0, 0.05) is 0 Å². The van der Waals surface area contributed by atoms with Crippen molar-refractivity contribution in [1.29, 1.82) is 0 Å². The molecule has 0 fully saturated rings. The van der Waals surface area contributed by atoms with Crippen molar-refractivity contribution in [1.82, 2.24) is 0 Å². The van der Waals surface area contributed by atoms with Gasteiger partial charge in [0.05, 0.1) is 6.54 Å². The lowest BCUT2D eigenvalue weighted by Gasteiger charge is -2.01. The Hall–Kier alpha value is -1.35. The number of nitrogens with two attached hydrogens (primary N) is 1. The van der Waals surface area contributed by atoms with Crippen LogP contribution in [0.25, 0.3) is 0 Å². The molecule has 2 N–H and O–H groups in total. The molecule has 12 heavy (non-hydrogen) atoms. The molecule has 0 saturated heterocycles. The monoisotopic (exact) mass is 166 g/mol. The van der Waals surface area contributed by atoms with Gasteiger partial charge in [0.2, 0.25) is 0 Å². The Morgan fingerprint density at radius 3 is 2.58 bits per heavy atom. The fourth-order valence-corrected chi connectivity index (χ4v) is 0.797. The van der Waals surface area contributed by atoms with Crippen molar-refractivity contribution < 1.29 is 9.53 Å². The lowest BCUT2D eigenvalue weighted by Crippen LogP contribution is -2.16. The van der Waals surface area contributed by atoms with E-state index in [1.807, 2.05) is 30.3 Å². The standard InChI is InChI=1S/C9H11NO2/c10-6-9(11)12-7-8-4-2-1-3-5-8/h1-5H,6-7,10H2/i6+1. The van der Waals surface area contributed by atoms with E-state index in [9.17, 15) is 4.79 Å². The number of benzene rings is 1. The number of esters is 1. The Balaban J connectivity index is 2.38. The summed E-state index contributed by atoms with van der Waals surface area (Å²) >= 11 is 0. The lowest BCUT2D eigenvalue weighted by molar-refractivity contribution is -0.143. The number of hydrogen-bond acceptors (Lipinski definition) is 3. The fraction of sp³-hybridized carbons (Fsp3) is 0.222. The highest BCUT2D eigenvalue weighted by atomic mass is 16.5. The Labute approximate surface area is 71.1 Å². The van der Waals surface area contributed by atoms with Gasteiger partial charge >= 0.3 is 5.97 Å². The van der Waals surface area contributed by atoms with Gasteiger partial charge < -0.3 is 10.5 Å². The van der Waals surface area contributed by atoms with Crippen molar-refractivity contribution in [3.05, 3.63) is 35.9 Å². The zero-order chi connectivity index (χ0) is 8.81. The normalized spacial score (nSPS) is 9.42. The van der Waals surface area contributed by atoms with Gasteiger partial charge in [0.15, 0.2) is 0 Å². The fourth-order valence-electron chi connectivity index (χ4n) is 0.797. The Kier molecular flexibility index (Phi) is 3.29. The summed E-state index contributed by atoms with van der Waals surface area (Å²) in [4.78, 5) is 10.6. The van der Waals surface area contributed by atoms with Crippen LogP contribution in [0.4, 0.5) is 0 Å². The minimum absolute atomic E-state index is 0.0627. The molecule has 0 spiro atoms. The number of hydrogen-bond donors (Lipinski definition) is 1. The molecule has 1 aromatic carbocycles. The average Bonchev–Trinajstić information content (AvgIpc) is 2.16. The smallest absolute Gasteiger partial charge is 0.320 e. The van der Waals surface area contributed by atoms with Crippen molar-refractivity contribution in [3.8, 4) is 0 Å². The molecular weight excluding hydrogens is 155 g/mol. The summed E-state index contributed by atoms with van der Waals surface area (Å²) in [6.45, 7) is 0.240. The number of carbonyl (C=O) groups is 1. The van der Waals surface area contributed by atoms with E-state index in [1.54, 1.807) is 0 Å². The van der Waals surface area contributed by atoms with Gasteiger partial charge in [-0.15, -0.1) is 0 Å². The van der Waals surface area contributed by atoms with E-state index in [0.717, 1.165) is 5.56 Å². The molecular formula is C9H11NO2. The van der Waals surface area contributed by atoms with Crippen molar-refractivity contribution in [2.75, 3.05) is 6.54 Å². The number of rotatable bonds is 3. The largest absolute Gasteiger partial charge is 0.460 e. The highest BCUT2D eigenvalue weighted by Crippen LogP contribution is 1.99. The van der Waals surface area contributed by atoms with Crippen molar-refractivity contribution >= 4 is 5.97 Å². The first kappa shape index (κ1) is 8.74. The van der Waals surface area contributed by atoms with Gasteiger partial charge in [0.25, 0.3) is 0 Å². The summed E-state index contributed by atoms with van der Waals surface area (Å²) in [6, 6.07) is 9.49. The van der Waals surface area contributed by atoms with E-state index < -0.39 is 0 Å². The SMILES string of the molecule is N[13CH2]C(=O)OCc1ccccc1. The first-order valence-electron chi connectivity index (χ1n) is 3.72. The van der Waals surface area contributed by atoms with Gasteiger partial charge in [-0.05, 0) is 5.56 Å². The van der Waals surface area contributed by atoms with Crippen molar-refractivity contribution in [2.24, 2.45) is 5.73 Å². The average molecular weight is 166 g/mol. The third-order valence-corrected chi connectivity index (χ3v) is 1.41. The third-order valence-electron chi connectivity index (χ3n) is 1.41. The van der Waals surface area contributed by atoms with Crippen LogP contribution in [-0.4, -0.2) is 12.5 Å². The minimum atomic E-state index is -0.376. The lowest BCUT2D eigenvalue weighted by atomic mass is 10.2. The van der Waals surface area contributed by atoms with E-state index in [0.29, 0.717) is 6.61 Å². The molecule has 0 aromatic heterocycles. The van der Waals surface area contributed by atoms with Crippen LogP contribution in [0.3, 0.4) is 0 Å². The van der Waals surface area contributed by atoms with E-state index in [2.05, 4.69) is 0 Å².